The average molecular weight is 472 g/mol. The minimum Gasteiger partial charge on any atom is -0.490 e. The van der Waals surface area contributed by atoms with Crippen molar-refractivity contribution in [3.8, 4) is 5.75 Å². The maximum absolute atomic E-state index is 11.8. The third-order valence-electron chi connectivity index (χ3n) is 5.60. The third-order valence-corrected chi connectivity index (χ3v) is 5.60. The Kier molecular flexibility index (Phi) is 11.0. The van der Waals surface area contributed by atoms with Gasteiger partial charge in [0.25, 0.3) is 0 Å². The van der Waals surface area contributed by atoms with Gasteiger partial charge in [-0.2, -0.15) is 0 Å². The smallest absolute Gasteiger partial charge is 0.407 e. The van der Waals surface area contributed by atoms with Crippen LogP contribution in [0.25, 0.3) is 0 Å². The van der Waals surface area contributed by atoms with E-state index in [9.17, 15) is 14.7 Å². The minimum absolute atomic E-state index is 0. The number of ether oxygens (including phenoxy) is 2. The Balaban J connectivity index is 0.00000363. The normalized spacial score (nSPS) is 17.5. The molecule has 9 nitrogen and oxygen atoms in total. The largest absolute Gasteiger partial charge is 0.490 e. The van der Waals surface area contributed by atoms with Crippen LogP contribution in [0.3, 0.4) is 0 Å². The van der Waals surface area contributed by atoms with Crippen LogP contribution in [0.1, 0.15) is 37.7 Å². The van der Waals surface area contributed by atoms with E-state index in [0.29, 0.717) is 44.6 Å². The standard InChI is InChI=1S/C22H33N3O6.ClH/c26-12-1-2-13-30-22(29)23-16-8-10-25(11-9-16)14-17(27)15-31-20-5-3-4-19-18(20)6-7-21(28)24-19;/h3-5,16-17,26-27H,1-2,6-15H2,(H,23,29)(H,24,28);1H. The fourth-order valence-corrected chi connectivity index (χ4v) is 3.91. The van der Waals surface area contributed by atoms with Crippen molar-refractivity contribution in [2.24, 2.45) is 0 Å². The quantitative estimate of drug-likeness (QED) is 0.383. The summed E-state index contributed by atoms with van der Waals surface area (Å²) in [6.45, 7) is 2.66. The van der Waals surface area contributed by atoms with Gasteiger partial charge in [0.15, 0.2) is 0 Å². The topological polar surface area (TPSA) is 120 Å². The van der Waals surface area contributed by atoms with Crippen LogP contribution in [0.2, 0.25) is 0 Å². The summed E-state index contributed by atoms with van der Waals surface area (Å²) < 4.78 is 11.0. The van der Waals surface area contributed by atoms with E-state index < -0.39 is 12.2 Å². The van der Waals surface area contributed by atoms with Crippen molar-refractivity contribution < 1.29 is 29.3 Å². The van der Waals surface area contributed by atoms with Crippen LogP contribution in [-0.2, 0) is 16.0 Å². The first-order valence-corrected chi connectivity index (χ1v) is 11.0. The van der Waals surface area contributed by atoms with Crippen LogP contribution in [0.15, 0.2) is 18.2 Å². The van der Waals surface area contributed by atoms with E-state index in [0.717, 1.165) is 37.2 Å². The van der Waals surface area contributed by atoms with Gasteiger partial charge in [-0.05, 0) is 44.2 Å². The molecule has 4 N–H and O–H groups in total. The Morgan fingerprint density at radius 2 is 2.03 bits per heavy atom. The molecule has 1 saturated heterocycles. The number of fused-ring (bicyclic) bond motifs is 1. The van der Waals surface area contributed by atoms with Gasteiger partial charge in [0.05, 0.1) is 6.61 Å². The predicted molar refractivity (Wildman–Crippen MR) is 122 cm³/mol. The van der Waals surface area contributed by atoms with E-state index in [2.05, 4.69) is 15.5 Å². The number of rotatable bonds is 10. The number of nitrogens with zero attached hydrogens (tertiary/aromatic N) is 1. The maximum atomic E-state index is 11.8. The van der Waals surface area contributed by atoms with Crippen LogP contribution < -0.4 is 15.4 Å². The highest BCUT2D eigenvalue weighted by Crippen LogP contribution is 2.31. The second kappa shape index (κ2) is 13.5. The van der Waals surface area contributed by atoms with Gasteiger partial charge in [0.2, 0.25) is 5.91 Å². The second-order valence-corrected chi connectivity index (χ2v) is 8.08. The highest BCUT2D eigenvalue weighted by atomic mass is 35.5. The Morgan fingerprint density at radius 1 is 1.25 bits per heavy atom. The van der Waals surface area contributed by atoms with Gasteiger partial charge in [-0.25, -0.2) is 4.79 Å². The number of likely N-dealkylation sites (tertiary alicyclic amines) is 1. The lowest BCUT2D eigenvalue weighted by molar-refractivity contribution is -0.116. The molecule has 32 heavy (non-hydrogen) atoms. The maximum Gasteiger partial charge on any atom is 0.407 e. The Labute approximate surface area is 194 Å². The SMILES string of the molecule is Cl.O=C1CCc2c(cccc2OCC(O)CN2CCC(NC(=O)OCCCCO)CC2)N1. The number of β-amino-alcohol motifs (C(OH)–C–C–N with tert-alkyl or cyclic N) is 1. The van der Waals surface area contributed by atoms with Gasteiger partial charge in [0, 0.05) is 50.0 Å². The molecule has 1 atom stereocenters. The number of carbonyl (C=O) groups excluding carboxylic acids is 2. The second-order valence-electron chi connectivity index (χ2n) is 8.08. The first kappa shape index (κ1) is 26.2. The molecule has 0 aromatic heterocycles. The lowest BCUT2D eigenvalue weighted by Crippen LogP contribution is -2.47. The molecular formula is C22H34ClN3O6. The molecule has 0 spiro atoms. The van der Waals surface area contributed by atoms with Crippen LogP contribution in [0.4, 0.5) is 10.5 Å². The number of hydrogen-bond donors (Lipinski definition) is 4. The van der Waals surface area contributed by atoms with Crippen LogP contribution in [0, 0.1) is 0 Å². The van der Waals surface area contributed by atoms with Gasteiger partial charge in [-0.3, -0.25) is 4.79 Å². The van der Waals surface area contributed by atoms with Gasteiger partial charge in [-0.15, -0.1) is 12.4 Å². The first-order valence-electron chi connectivity index (χ1n) is 11.0. The molecule has 1 fully saturated rings. The summed E-state index contributed by atoms with van der Waals surface area (Å²) in [7, 11) is 0. The van der Waals surface area contributed by atoms with Gasteiger partial charge < -0.3 is 35.2 Å². The number of hydrogen-bond acceptors (Lipinski definition) is 7. The molecule has 2 aliphatic heterocycles. The average Bonchev–Trinajstić information content (AvgIpc) is 2.76. The molecule has 0 saturated carbocycles. The van der Waals surface area contributed by atoms with Crippen molar-refractivity contribution in [2.45, 2.75) is 50.7 Å². The van der Waals surface area contributed by atoms with Gasteiger partial charge in [0.1, 0.15) is 18.5 Å². The molecule has 3 rings (SSSR count). The van der Waals surface area contributed by atoms with Crippen LogP contribution >= 0.6 is 12.4 Å². The van der Waals surface area contributed by atoms with Crippen molar-refractivity contribution in [3.63, 3.8) is 0 Å². The number of unbranched alkanes of at least 4 members (excludes halogenated alkanes) is 1. The third kappa shape index (κ3) is 8.12. The number of carbonyl (C=O) groups is 2. The molecule has 0 radical (unpaired) electrons. The van der Waals surface area contributed by atoms with Crippen LogP contribution in [-0.4, -0.2) is 78.7 Å². The van der Waals surface area contributed by atoms with E-state index in [1.165, 1.54) is 0 Å². The number of alkyl carbamates (subject to hydrolysis) is 1. The van der Waals surface area contributed by atoms with E-state index in [1.54, 1.807) is 0 Å². The summed E-state index contributed by atoms with van der Waals surface area (Å²) in [6, 6.07) is 5.63. The van der Waals surface area contributed by atoms with Crippen LogP contribution in [0.5, 0.6) is 5.75 Å². The molecule has 2 heterocycles. The number of nitrogens with one attached hydrogen (secondary N) is 2. The van der Waals surface area contributed by atoms with Gasteiger partial charge >= 0.3 is 6.09 Å². The van der Waals surface area contributed by atoms with Crippen molar-refractivity contribution in [3.05, 3.63) is 23.8 Å². The molecule has 1 unspecified atom stereocenters. The van der Waals surface area contributed by atoms with Crippen molar-refractivity contribution in [1.29, 1.82) is 0 Å². The fraction of sp³-hybridized carbons (Fsp3) is 0.636. The molecule has 1 aromatic carbocycles. The summed E-state index contributed by atoms with van der Waals surface area (Å²) in [6.07, 6.45) is 2.91. The van der Waals surface area contributed by atoms with Crippen molar-refractivity contribution >= 4 is 30.1 Å². The Bertz CT molecular complexity index is 742. The predicted octanol–water partition coefficient (Wildman–Crippen LogP) is 1.70. The molecule has 180 valence electrons. The van der Waals surface area contributed by atoms with Crippen molar-refractivity contribution in [1.82, 2.24) is 10.2 Å². The van der Waals surface area contributed by atoms with E-state index in [-0.39, 0.29) is 37.6 Å². The summed E-state index contributed by atoms with van der Waals surface area (Å²) in [5.74, 6) is 0.717. The number of anilines is 1. The zero-order chi connectivity index (χ0) is 22.1. The number of piperidine rings is 1. The lowest BCUT2D eigenvalue weighted by atomic mass is 10.0. The monoisotopic (exact) mass is 471 g/mol. The number of aliphatic hydroxyl groups excluding tert-OH is 2. The van der Waals surface area contributed by atoms with E-state index in [1.807, 2.05) is 18.2 Å². The fourth-order valence-electron chi connectivity index (χ4n) is 3.91. The summed E-state index contributed by atoms with van der Waals surface area (Å²) in [4.78, 5) is 25.5. The molecule has 0 aliphatic carbocycles. The Morgan fingerprint density at radius 3 is 2.78 bits per heavy atom. The molecule has 2 amide bonds. The van der Waals surface area contributed by atoms with Gasteiger partial charge in [-0.1, -0.05) is 6.07 Å². The lowest BCUT2D eigenvalue weighted by Gasteiger charge is -2.33. The molecule has 1 aromatic rings. The molecular weight excluding hydrogens is 438 g/mol. The summed E-state index contributed by atoms with van der Waals surface area (Å²) in [5, 5.41) is 24.9. The summed E-state index contributed by atoms with van der Waals surface area (Å²) >= 11 is 0. The number of halogens is 1. The molecule has 2 aliphatic rings. The highest BCUT2D eigenvalue weighted by molar-refractivity contribution is 5.94. The number of benzene rings is 1. The minimum atomic E-state index is -0.630. The molecule has 0 bridgehead atoms. The van der Waals surface area contributed by atoms with Crippen molar-refractivity contribution in [2.75, 3.05) is 44.8 Å². The zero-order valence-corrected chi connectivity index (χ0v) is 19.1. The van der Waals surface area contributed by atoms with E-state index >= 15 is 0 Å². The highest BCUT2D eigenvalue weighted by Gasteiger charge is 2.23. The molecule has 10 heteroatoms. The number of aliphatic hydroxyl groups is 2. The number of amides is 2. The Hall–Kier alpha value is -2.07. The summed E-state index contributed by atoms with van der Waals surface area (Å²) in [5.41, 5.74) is 1.76. The zero-order valence-electron chi connectivity index (χ0n) is 18.3. The van der Waals surface area contributed by atoms with E-state index in [4.69, 9.17) is 14.6 Å². The first-order chi connectivity index (χ1) is 15.0.